The van der Waals surface area contributed by atoms with Crippen LogP contribution < -0.4 is 20.0 Å². The molecule has 0 aliphatic heterocycles. The van der Waals surface area contributed by atoms with E-state index in [9.17, 15) is 0 Å². The molecule has 0 saturated carbocycles. The van der Waals surface area contributed by atoms with Crippen molar-refractivity contribution in [1.29, 1.82) is 0 Å². The Kier molecular flexibility index (Phi) is 6.49. The van der Waals surface area contributed by atoms with Crippen molar-refractivity contribution in [3.8, 4) is 5.75 Å². The fraction of sp³-hybridized carbons (Fsp3) is 0.364. The van der Waals surface area contributed by atoms with Gasteiger partial charge in [0.15, 0.2) is 0 Å². The summed E-state index contributed by atoms with van der Waals surface area (Å²) in [6.07, 6.45) is 1.88. The second-order valence-corrected chi connectivity index (χ2v) is 8.36. The summed E-state index contributed by atoms with van der Waals surface area (Å²) in [5.74, 6) is 1.02. The number of ether oxygens (including phenoxy) is 1. The van der Waals surface area contributed by atoms with Crippen LogP contribution in [0.1, 0.15) is 40.2 Å². The number of para-hydroxylation sites is 1. The second kappa shape index (κ2) is 8.39. The molecule has 2 nitrogen and oxygen atoms in total. The van der Waals surface area contributed by atoms with Gasteiger partial charge in [-0.1, -0.05) is 54.2 Å². The lowest BCUT2D eigenvalue weighted by Crippen LogP contribution is -2.35. The summed E-state index contributed by atoms with van der Waals surface area (Å²) in [7, 11) is 0.565. The number of hydrogen-bond donors (Lipinski definition) is 0. The van der Waals surface area contributed by atoms with Gasteiger partial charge in [0.2, 0.25) is 0 Å². The Morgan fingerprint density at radius 1 is 1.04 bits per heavy atom. The molecule has 2 radical (unpaired) electrons. The fourth-order valence-corrected chi connectivity index (χ4v) is 3.82. The first-order valence-electron chi connectivity index (χ1n) is 8.94. The van der Waals surface area contributed by atoms with Crippen molar-refractivity contribution in [2.24, 2.45) is 0 Å². The maximum Gasteiger partial charge on any atom is 0.142 e. The minimum atomic E-state index is -0.227. The molecule has 0 aliphatic carbocycles. The van der Waals surface area contributed by atoms with Crippen molar-refractivity contribution in [3.05, 3.63) is 54.6 Å². The van der Waals surface area contributed by atoms with E-state index in [0.717, 1.165) is 24.4 Å². The van der Waals surface area contributed by atoms with E-state index in [4.69, 9.17) is 4.74 Å². The first-order valence-corrected chi connectivity index (χ1v) is 9.94. The van der Waals surface area contributed by atoms with Gasteiger partial charge in [-0.25, -0.2) is 0 Å². The van der Waals surface area contributed by atoms with E-state index in [0.29, 0.717) is 9.52 Å². The first-order chi connectivity index (χ1) is 11.9. The summed E-state index contributed by atoms with van der Waals surface area (Å²) < 4.78 is 6.41. The van der Waals surface area contributed by atoms with E-state index in [-0.39, 0.29) is 5.60 Å². The van der Waals surface area contributed by atoms with Crippen molar-refractivity contribution in [2.45, 2.75) is 40.2 Å². The lowest BCUT2D eigenvalue weighted by atomic mass is 10.2. The normalized spacial score (nSPS) is 11.2. The van der Waals surface area contributed by atoms with Gasteiger partial charge in [0.25, 0.3) is 0 Å². The Morgan fingerprint density at radius 3 is 2.20 bits per heavy atom. The zero-order chi connectivity index (χ0) is 18.4. The van der Waals surface area contributed by atoms with Gasteiger partial charge in [-0.3, -0.25) is 0 Å². The van der Waals surface area contributed by atoms with Gasteiger partial charge in [-0.15, -0.1) is 0 Å². The van der Waals surface area contributed by atoms with Gasteiger partial charge >= 0.3 is 0 Å². The largest absolute Gasteiger partial charge is 0.486 e. The summed E-state index contributed by atoms with van der Waals surface area (Å²) >= 11 is 0. The third-order valence-corrected chi connectivity index (χ3v) is 5.22. The monoisotopic (exact) mass is 351 g/mol. The van der Waals surface area contributed by atoms with E-state index in [1.807, 2.05) is 6.08 Å². The molecule has 25 heavy (non-hydrogen) atoms. The van der Waals surface area contributed by atoms with Crippen LogP contribution >= 0.6 is 0 Å². The molecular formula is C22H29NOSi. The van der Waals surface area contributed by atoms with Crippen LogP contribution in [0, 0.1) is 0 Å². The SMILES string of the molecule is C=Cc1ccc([Si]c2cccc(N(CC)CC)c2OC(C)(C)C)cc1. The van der Waals surface area contributed by atoms with E-state index in [1.54, 1.807) is 0 Å². The predicted molar refractivity (Wildman–Crippen MR) is 112 cm³/mol. The predicted octanol–water partition coefficient (Wildman–Crippen LogP) is 4.01. The van der Waals surface area contributed by atoms with E-state index in [1.165, 1.54) is 16.1 Å². The topological polar surface area (TPSA) is 12.5 Å². The van der Waals surface area contributed by atoms with Gasteiger partial charge in [0, 0.05) is 13.1 Å². The van der Waals surface area contributed by atoms with Crippen molar-refractivity contribution >= 4 is 31.7 Å². The highest BCUT2D eigenvalue weighted by Crippen LogP contribution is 2.29. The third kappa shape index (κ3) is 5.23. The summed E-state index contributed by atoms with van der Waals surface area (Å²) in [5, 5.41) is 2.56. The lowest BCUT2D eigenvalue weighted by Gasteiger charge is -2.30. The minimum Gasteiger partial charge on any atom is -0.486 e. The van der Waals surface area contributed by atoms with Crippen LogP contribution in [0.4, 0.5) is 5.69 Å². The number of anilines is 1. The highest BCUT2D eigenvalue weighted by molar-refractivity contribution is 6.68. The molecule has 0 amide bonds. The van der Waals surface area contributed by atoms with Crippen LogP contribution in [0.3, 0.4) is 0 Å². The highest BCUT2D eigenvalue weighted by atomic mass is 28.2. The summed E-state index contributed by atoms with van der Waals surface area (Å²) in [6.45, 7) is 16.5. The number of nitrogens with zero attached hydrogens (tertiary/aromatic N) is 1. The van der Waals surface area contributed by atoms with E-state index in [2.05, 4.69) is 88.6 Å². The standard InChI is InChI=1S/C22H29NOSi/c1-7-17-13-15-18(16-14-17)25-20-12-10-11-19(23(8-2)9-3)21(20)24-22(4,5)6/h7,10-16H,1,8-9H2,2-6H3. The molecule has 2 aromatic carbocycles. The first kappa shape index (κ1) is 19.3. The molecule has 0 saturated heterocycles. The average Bonchev–Trinajstić information content (AvgIpc) is 2.58. The van der Waals surface area contributed by atoms with Crippen LogP contribution in [0.25, 0.3) is 6.08 Å². The molecule has 0 heterocycles. The summed E-state index contributed by atoms with van der Waals surface area (Å²) in [4.78, 5) is 2.36. The van der Waals surface area contributed by atoms with Gasteiger partial charge in [0.1, 0.15) is 20.9 Å². The van der Waals surface area contributed by atoms with Crippen molar-refractivity contribution in [3.63, 3.8) is 0 Å². The quantitative estimate of drug-likeness (QED) is 0.699. The summed E-state index contributed by atoms with van der Waals surface area (Å²) in [5.41, 5.74) is 2.11. The molecule has 0 spiro atoms. The fourth-order valence-electron chi connectivity index (χ4n) is 2.71. The minimum absolute atomic E-state index is 0.227. The zero-order valence-corrected chi connectivity index (χ0v) is 17.1. The molecule has 2 aromatic rings. The summed E-state index contributed by atoms with van der Waals surface area (Å²) in [6, 6.07) is 15.1. The smallest absolute Gasteiger partial charge is 0.142 e. The maximum absolute atomic E-state index is 6.41. The Labute approximate surface area is 155 Å². The molecule has 0 N–H and O–H groups in total. The van der Waals surface area contributed by atoms with Gasteiger partial charge in [0.05, 0.1) is 5.69 Å². The van der Waals surface area contributed by atoms with Crippen LogP contribution in [0.15, 0.2) is 49.0 Å². The molecule has 3 heteroatoms. The third-order valence-electron chi connectivity index (χ3n) is 3.93. The molecule has 2 rings (SSSR count). The average molecular weight is 352 g/mol. The Bertz CT molecular complexity index is 697. The van der Waals surface area contributed by atoms with Gasteiger partial charge in [-0.2, -0.15) is 0 Å². The second-order valence-electron chi connectivity index (χ2n) is 6.99. The Balaban J connectivity index is 2.44. The van der Waals surface area contributed by atoms with Crippen LogP contribution in [-0.2, 0) is 0 Å². The van der Waals surface area contributed by atoms with Crippen molar-refractivity contribution < 1.29 is 4.74 Å². The van der Waals surface area contributed by atoms with E-state index >= 15 is 0 Å². The Hall–Kier alpha value is -2.00. The molecular weight excluding hydrogens is 322 g/mol. The maximum atomic E-state index is 6.41. The Morgan fingerprint density at radius 2 is 1.68 bits per heavy atom. The molecule has 0 aliphatic rings. The van der Waals surface area contributed by atoms with Crippen molar-refractivity contribution in [1.82, 2.24) is 0 Å². The van der Waals surface area contributed by atoms with Crippen LogP contribution in [-0.4, -0.2) is 28.2 Å². The molecule has 0 atom stereocenters. The molecule has 132 valence electrons. The van der Waals surface area contributed by atoms with Crippen LogP contribution in [0.5, 0.6) is 5.75 Å². The number of benzene rings is 2. The zero-order valence-electron chi connectivity index (χ0n) is 16.1. The van der Waals surface area contributed by atoms with Crippen molar-refractivity contribution in [2.75, 3.05) is 18.0 Å². The molecule has 0 aromatic heterocycles. The van der Waals surface area contributed by atoms with Gasteiger partial charge < -0.3 is 9.64 Å². The molecule has 0 bridgehead atoms. The lowest BCUT2D eigenvalue weighted by molar-refractivity contribution is 0.133. The molecule has 0 fully saturated rings. The molecule has 0 unspecified atom stereocenters. The number of hydrogen-bond acceptors (Lipinski definition) is 2. The highest BCUT2D eigenvalue weighted by Gasteiger charge is 2.20. The number of rotatable bonds is 7. The van der Waals surface area contributed by atoms with Crippen LogP contribution in [0.2, 0.25) is 0 Å². The van der Waals surface area contributed by atoms with E-state index < -0.39 is 0 Å². The van der Waals surface area contributed by atoms with Gasteiger partial charge in [-0.05, 0) is 51.4 Å².